The fraction of sp³-hybridized carbons (Fsp3) is 0.316. The van der Waals surface area contributed by atoms with Gasteiger partial charge in [0, 0.05) is 25.0 Å². The van der Waals surface area contributed by atoms with E-state index in [4.69, 9.17) is 0 Å². The second-order valence-electron chi connectivity index (χ2n) is 6.91. The summed E-state index contributed by atoms with van der Waals surface area (Å²) in [4.78, 5) is 12.8. The lowest BCUT2D eigenvalue weighted by Gasteiger charge is -2.26. The van der Waals surface area contributed by atoms with Crippen LogP contribution < -0.4 is 5.32 Å². The highest BCUT2D eigenvalue weighted by atomic mass is 32.2. The van der Waals surface area contributed by atoms with Crippen LogP contribution in [0.4, 0.5) is 5.69 Å². The van der Waals surface area contributed by atoms with Crippen LogP contribution in [0.5, 0.6) is 0 Å². The van der Waals surface area contributed by atoms with Gasteiger partial charge >= 0.3 is 0 Å². The molecule has 0 unspecified atom stereocenters. The molecule has 3 aromatic rings. The van der Waals surface area contributed by atoms with Gasteiger partial charge < -0.3 is 5.32 Å². The van der Waals surface area contributed by atoms with Crippen LogP contribution in [0.1, 0.15) is 35.2 Å². The van der Waals surface area contributed by atoms with Crippen molar-refractivity contribution in [2.75, 3.05) is 18.4 Å². The molecule has 0 aliphatic carbocycles. The Kier molecular flexibility index (Phi) is 4.86. The Balaban J connectivity index is 1.60. The number of anilines is 1. The average molecular weight is 399 g/mol. The number of aromatic nitrogens is 3. The molecule has 1 aromatic carbocycles. The number of piperidine rings is 1. The summed E-state index contributed by atoms with van der Waals surface area (Å²) in [6.07, 6.45) is 5.95. The maximum Gasteiger partial charge on any atom is 0.257 e. The van der Waals surface area contributed by atoms with Crippen LogP contribution in [0.25, 0.3) is 5.65 Å². The fourth-order valence-electron chi connectivity index (χ4n) is 3.37. The number of pyridine rings is 1. The number of fused-ring (bicyclic) bond motifs is 1. The van der Waals surface area contributed by atoms with Crippen molar-refractivity contribution in [3.63, 3.8) is 0 Å². The van der Waals surface area contributed by atoms with Crippen molar-refractivity contribution < 1.29 is 13.2 Å². The minimum absolute atomic E-state index is 0.237. The molecule has 4 rings (SSSR count). The summed E-state index contributed by atoms with van der Waals surface area (Å²) in [7, 11) is -3.58. The molecule has 1 aliphatic rings. The van der Waals surface area contributed by atoms with E-state index in [2.05, 4.69) is 15.5 Å². The zero-order valence-electron chi connectivity index (χ0n) is 15.5. The minimum atomic E-state index is -3.58. The molecule has 9 heteroatoms. The lowest BCUT2D eigenvalue weighted by Crippen LogP contribution is -2.36. The van der Waals surface area contributed by atoms with Crippen LogP contribution >= 0.6 is 0 Å². The zero-order chi connectivity index (χ0) is 19.7. The lowest BCUT2D eigenvalue weighted by molar-refractivity contribution is 0.102. The van der Waals surface area contributed by atoms with Crippen molar-refractivity contribution in [2.45, 2.75) is 31.1 Å². The zero-order valence-corrected chi connectivity index (χ0v) is 16.3. The van der Waals surface area contributed by atoms with E-state index in [9.17, 15) is 13.2 Å². The van der Waals surface area contributed by atoms with E-state index in [1.54, 1.807) is 41.8 Å². The molecule has 0 radical (unpaired) electrons. The van der Waals surface area contributed by atoms with Crippen LogP contribution in [0.15, 0.2) is 47.8 Å². The summed E-state index contributed by atoms with van der Waals surface area (Å²) >= 11 is 0. The van der Waals surface area contributed by atoms with Gasteiger partial charge in [0.25, 0.3) is 5.91 Å². The van der Waals surface area contributed by atoms with Crippen LogP contribution in [0.2, 0.25) is 0 Å². The first-order valence-electron chi connectivity index (χ1n) is 9.17. The summed E-state index contributed by atoms with van der Waals surface area (Å²) in [5.74, 6) is -0.333. The van der Waals surface area contributed by atoms with Crippen molar-refractivity contribution >= 4 is 27.3 Å². The average Bonchev–Trinajstić information content (AvgIpc) is 3.18. The third-order valence-electron chi connectivity index (χ3n) is 4.93. The number of amides is 1. The highest BCUT2D eigenvalue weighted by molar-refractivity contribution is 7.89. The number of nitrogens with one attached hydrogen (secondary N) is 1. The van der Waals surface area contributed by atoms with E-state index in [1.165, 1.54) is 16.7 Å². The summed E-state index contributed by atoms with van der Waals surface area (Å²) in [6, 6.07) is 8.31. The molecule has 1 N–H and O–H groups in total. The van der Waals surface area contributed by atoms with E-state index in [1.807, 2.05) is 0 Å². The first kappa shape index (κ1) is 18.6. The number of benzene rings is 1. The number of carbonyl (C=O) groups is 1. The molecule has 0 saturated carbocycles. The summed E-state index contributed by atoms with van der Waals surface area (Å²) in [5.41, 5.74) is 2.17. The molecule has 0 atom stereocenters. The van der Waals surface area contributed by atoms with E-state index >= 15 is 0 Å². The largest absolute Gasteiger partial charge is 0.322 e. The van der Waals surface area contributed by atoms with Gasteiger partial charge in [-0.1, -0.05) is 12.5 Å². The standard InChI is InChI=1S/C19H21N5O3S/c1-14-5-7-16(11-17(14)28(26,27)24-9-3-2-4-10-24)21-19(25)15-6-8-18-22-20-13-23(18)12-15/h5-8,11-13H,2-4,9-10H2,1H3,(H,21,25). The van der Waals surface area contributed by atoms with Crippen LogP contribution in [-0.4, -0.2) is 46.3 Å². The normalized spacial score (nSPS) is 15.6. The van der Waals surface area contributed by atoms with Gasteiger partial charge in [-0.05, 0) is 49.6 Å². The number of sulfonamides is 1. The first-order valence-corrected chi connectivity index (χ1v) is 10.6. The van der Waals surface area contributed by atoms with Gasteiger partial charge in [-0.2, -0.15) is 4.31 Å². The quantitative estimate of drug-likeness (QED) is 0.727. The van der Waals surface area contributed by atoms with Crippen LogP contribution in [0.3, 0.4) is 0 Å². The Morgan fingerprint density at radius 3 is 2.68 bits per heavy atom. The molecule has 1 fully saturated rings. The monoisotopic (exact) mass is 399 g/mol. The van der Waals surface area contributed by atoms with Crippen molar-refractivity contribution in [1.82, 2.24) is 18.9 Å². The van der Waals surface area contributed by atoms with Crippen LogP contribution in [0, 0.1) is 6.92 Å². The molecule has 2 aromatic heterocycles. The van der Waals surface area contributed by atoms with Crippen LogP contribution in [-0.2, 0) is 10.0 Å². The van der Waals surface area contributed by atoms with Gasteiger partial charge in [0.1, 0.15) is 6.33 Å². The molecular formula is C19H21N5O3S. The molecular weight excluding hydrogens is 378 g/mol. The van der Waals surface area contributed by atoms with E-state index < -0.39 is 10.0 Å². The number of hydrogen-bond acceptors (Lipinski definition) is 5. The lowest BCUT2D eigenvalue weighted by atomic mass is 10.2. The first-order chi connectivity index (χ1) is 13.4. The van der Waals surface area contributed by atoms with E-state index in [0.717, 1.165) is 19.3 Å². The summed E-state index contributed by atoms with van der Waals surface area (Å²) < 4.78 is 29.2. The minimum Gasteiger partial charge on any atom is -0.322 e. The predicted molar refractivity (Wildman–Crippen MR) is 105 cm³/mol. The molecule has 28 heavy (non-hydrogen) atoms. The molecule has 1 aliphatic heterocycles. The SMILES string of the molecule is Cc1ccc(NC(=O)c2ccc3nncn3c2)cc1S(=O)(=O)N1CCCCC1. The Labute approximate surface area is 163 Å². The Hall–Kier alpha value is -2.78. The highest BCUT2D eigenvalue weighted by Crippen LogP contribution is 2.26. The third-order valence-corrected chi connectivity index (χ3v) is 6.97. The molecule has 0 spiro atoms. The second kappa shape index (κ2) is 7.33. The van der Waals surface area contributed by atoms with Crippen molar-refractivity contribution in [3.05, 3.63) is 54.0 Å². The van der Waals surface area contributed by atoms with Gasteiger partial charge in [-0.25, -0.2) is 8.42 Å². The Morgan fingerprint density at radius 2 is 1.89 bits per heavy atom. The molecule has 3 heterocycles. The summed E-state index contributed by atoms with van der Waals surface area (Å²) in [6.45, 7) is 2.84. The molecule has 1 amide bonds. The van der Waals surface area contributed by atoms with Gasteiger partial charge in [0.05, 0.1) is 10.5 Å². The number of carbonyl (C=O) groups excluding carboxylic acids is 1. The molecule has 8 nitrogen and oxygen atoms in total. The number of rotatable bonds is 4. The van der Waals surface area contributed by atoms with Gasteiger partial charge in [0.2, 0.25) is 10.0 Å². The van der Waals surface area contributed by atoms with E-state index in [-0.39, 0.29) is 10.8 Å². The van der Waals surface area contributed by atoms with Gasteiger partial charge in [0.15, 0.2) is 5.65 Å². The van der Waals surface area contributed by atoms with Crippen molar-refractivity contribution in [3.8, 4) is 0 Å². The Morgan fingerprint density at radius 1 is 1.11 bits per heavy atom. The number of aryl methyl sites for hydroxylation is 1. The molecule has 1 saturated heterocycles. The smallest absolute Gasteiger partial charge is 0.257 e. The highest BCUT2D eigenvalue weighted by Gasteiger charge is 2.27. The maximum atomic E-state index is 13.0. The van der Waals surface area contributed by atoms with Crippen molar-refractivity contribution in [2.24, 2.45) is 0 Å². The van der Waals surface area contributed by atoms with Gasteiger partial charge in [-0.15, -0.1) is 10.2 Å². The topological polar surface area (TPSA) is 96.7 Å². The number of nitrogens with zero attached hydrogens (tertiary/aromatic N) is 4. The Bertz CT molecular complexity index is 1130. The van der Waals surface area contributed by atoms with Crippen molar-refractivity contribution in [1.29, 1.82) is 0 Å². The van der Waals surface area contributed by atoms with E-state index in [0.29, 0.717) is 35.6 Å². The number of hydrogen-bond donors (Lipinski definition) is 1. The molecule has 146 valence electrons. The predicted octanol–water partition coefficient (Wildman–Crippen LogP) is 2.46. The second-order valence-corrected chi connectivity index (χ2v) is 8.82. The molecule has 0 bridgehead atoms. The maximum absolute atomic E-state index is 13.0. The van der Waals surface area contributed by atoms with Gasteiger partial charge in [-0.3, -0.25) is 9.20 Å². The fourth-order valence-corrected chi connectivity index (χ4v) is 5.13. The summed E-state index contributed by atoms with van der Waals surface area (Å²) in [5, 5.41) is 10.5. The third kappa shape index (κ3) is 3.50.